The quantitative estimate of drug-likeness (QED) is 0.171. The fourth-order valence-corrected chi connectivity index (χ4v) is 8.47. The molecule has 272 valence electrons. The molecule has 0 aliphatic heterocycles. The van der Waals surface area contributed by atoms with Crippen LogP contribution in [-0.2, 0) is 0 Å². The van der Waals surface area contributed by atoms with E-state index in [1.165, 1.54) is 38.6 Å². The van der Waals surface area contributed by atoms with Gasteiger partial charge in [0, 0.05) is 38.4 Å². The molecule has 0 N–H and O–H groups in total. The zero-order valence-corrected chi connectivity index (χ0v) is 31.6. The summed E-state index contributed by atoms with van der Waals surface area (Å²) in [5, 5.41) is 4.61. The largest absolute Gasteiger partial charge is 0.455 e. The molecular formula is C52H38N4O. The first kappa shape index (κ1) is 33.2. The lowest BCUT2D eigenvalue weighted by Gasteiger charge is -2.15. The molecule has 0 saturated heterocycles. The van der Waals surface area contributed by atoms with Gasteiger partial charge in [-0.15, -0.1) is 0 Å². The van der Waals surface area contributed by atoms with Gasteiger partial charge in [0.1, 0.15) is 11.2 Å². The molecule has 0 spiro atoms. The number of aromatic nitrogens is 4. The van der Waals surface area contributed by atoms with Crippen molar-refractivity contribution in [2.24, 2.45) is 5.92 Å². The zero-order valence-electron chi connectivity index (χ0n) is 31.6. The van der Waals surface area contributed by atoms with Gasteiger partial charge in [0.05, 0.1) is 16.6 Å². The van der Waals surface area contributed by atoms with E-state index in [2.05, 4.69) is 145 Å². The van der Waals surface area contributed by atoms with Crippen molar-refractivity contribution in [1.29, 1.82) is 0 Å². The van der Waals surface area contributed by atoms with Crippen molar-refractivity contribution in [2.45, 2.75) is 26.2 Å². The summed E-state index contributed by atoms with van der Waals surface area (Å²) in [6.45, 7) is 2.27. The van der Waals surface area contributed by atoms with Gasteiger partial charge >= 0.3 is 0 Å². The first-order valence-corrected chi connectivity index (χ1v) is 19.8. The molecule has 3 aromatic heterocycles. The molecule has 5 nitrogen and oxygen atoms in total. The van der Waals surface area contributed by atoms with Crippen LogP contribution in [0.2, 0.25) is 0 Å². The number of nitrogens with zero attached hydrogens (tertiary/aromatic N) is 4. The number of rotatable bonds is 6. The third-order valence-corrected chi connectivity index (χ3v) is 11.4. The molecule has 5 heteroatoms. The number of fused-ring (bicyclic) bond motifs is 6. The highest BCUT2D eigenvalue weighted by Crippen LogP contribution is 2.40. The average Bonchev–Trinajstić information content (AvgIpc) is 3.82. The SMILES string of the molecule is CC1C=CC(n2c3ccccc3c3cc(-c4cccc(-c5ccc6oc7c(-c8nc(C9=CCCC=C9)nc(-c9ccccc9)n8)cccc7c6c5)c4)ccc32)=CC1. The third-order valence-electron chi connectivity index (χ3n) is 11.4. The Kier molecular flexibility index (Phi) is 7.92. The highest BCUT2D eigenvalue weighted by molar-refractivity contribution is 6.12. The van der Waals surface area contributed by atoms with Crippen molar-refractivity contribution < 1.29 is 4.42 Å². The molecule has 0 fully saturated rings. The standard InChI is InChI=1S/C52H38N4O/c1-33-22-26-40(27-23-33)56-46-21-9-8-18-41(46)44-31-38(24-28-47(44)56)36-16-10-17-37(30-36)39-25-29-48-45(32-39)42-19-11-20-43(49(42)57-48)52-54-50(34-12-4-2-5-13-34)53-51(55-52)35-14-6-3-7-15-35/h2,4-6,8-22,24-33H,3,7,23H2,1H3. The van der Waals surface area contributed by atoms with Crippen LogP contribution in [0.1, 0.15) is 32.0 Å². The van der Waals surface area contributed by atoms with E-state index in [0.717, 1.165) is 69.0 Å². The molecule has 2 aliphatic rings. The highest BCUT2D eigenvalue weighted by atomic mass is 16.3. The molecule has 1 unspecified atom stereocenters. The minimum absolute atomic E-state index is 0.567. The molecule has 0 radical (unpaired) electrons. The van der Waals surface area contributed by atoms with E-state index in [1.807, 2.05) is 36.4 Å². The number of benzene rings is 6. The van der Waals surface area contributed by atoms with Gasteiger partial charge in [0.2, 0.25) is 0 Å². The van der Waals surface area contributed by atoms with Gasteiger partial charge in [-0.1, -0.05) is 128 Å². The second-order valence-electron chi connectivity index (χ2n) is 15.2. The maximum atomic E-state index is 6.64. The molecule has 0 bridgehead atoms. The third kappa shape index (κ3) is 5.82. The van der Waals surface area contributed by atoms with E-state index in [0.29, 0.717) is 23.4 Å². The fourth-order valence-electron chi connectivity index (χ4n) is 8.47. The predicted molar refractivity (Wildman–Crippen MR) is 235 cm³/mol. The van der Waals surface area contributed by atoms with Gasteiger partial charge < -0.3 is 8.98 Å². The Morgan fingerprint density at radius 2 is 1.25 bits per heavy atom. The normalized spacial score (nSPS) is 15.5. The Balaban J connectivity index is 0.988. The van der Waals surface area contributed by atoms with Crippen LogP contribution in [0.3, 0.4) is 0 Å². The lowest BCUT2D eigenvalue weighted by molar-refractivity contribution is 0.669. The van der Waals surface area contributed by atoms with E-state index >= 15 is 0 Å². The van der Waals surface area contributed by atoms with E-state index in [9.17, 15) is 0 Å². The molecule has 6 aromatic carbocycles. The summed E-state index contributed by atoms with van der Waals surface area (Å²) in [6, 6.07) is 47.4. The van der Waals surface area contributed by atoms with Crippen molar-refractivity contribution in [2.75, 3.05) is 0 Å². The fraction of sp³-hybridized carbons (Fsp3) is 0.0962. The van der Waals surface area contributed by atoms with E-state index in [4.69, 9.17) is 19.4 Å². The van der Waals surface area contributed by atoms with Crippen LogP contribution in [0.25, 0.3) is 100 Å². The van der Waals surface area contributed by atoms with Gasteiger partial charge in [-0.2, -0.15) is 0 Å². The molecule has 11 rings (SSSR count). The van der Waals surface area contributed by atoms with Crippen LogP contribution in [0.15, 0.2) is 174 Å². The average molecular weight is 735 g/mol. The summed E-state index contributed by atoms with van der Waals surface area (Å²) < 4.78 is 9.05. The summed E-state index contributed by atoms with van der Waals surface area (Å²) in [6.07, 6.45) is 16.5. The van der Waals surface area contributed by atoms with Crippen LogP contribution in [0.5, 0.6) is 0 Å². The first-order chi connectivity index (χ1) is 28.1. The Morgan fingerprint density at radius 3 is 2.07 bits per heavy atom. The molecule has 2 aliphatic carbocycles. The Labute approximate surface area is 330 Å². The Morgan fingerprint density at radius 1 is 0.544 bits per heavy atom. The topological polar surface area (TPSA) is 56.7 Å². The minimum atomic E-state index is 0.567. The Hall–Kier alpha value is -7.11. The van der Waals surface area contributed by atoms with Gasteiger partial charge in [0.25, 0.3) is 0 Å². The number of furan rings is 1. The van der Waals surface area contributed by atoms with Gasteiger partial charge in [-0.05, 0) is 96.0 Å². The van der Waals surface area contributed by atoms with Crippen molar-refractivity contribution >= 4 is 55.0 Å². The molecule has 9 aromatic rings. The van der Waals surface area contributed by atoms with Gasteiger partial charge in [-0.3, -0.25) is 0 Å². The summed E-state index contributed by atoms with van der Waals surface area (Å²) in [5.41, 5.74) is 12.8. The van der Waals surface area contributed by atoms with Crippen molar-refractivity contribution in [3.63, 3.8) is 0 Å². The summed E-state index contributed by atoms with van der Waals surface area (Å²) in [7, 11) is 0. The first-order valence-electron chi connectivity index (χ1n) is 19.8. The lowest BCUT2D eigenvalue weighted by atomic mass is 9.97. The van der Waals surface area contributed by atoms with Crippen molar-refractivity contribution in [3.05, 3.63) is 176 Å². The molecular weight excluding hydrogens is 697 g/mol. The van der Waals surface area contributed by atoms with Gasteiger partial charge in [0.15, 0.2) is 17.5 Å². The number of para-hydroxylation sites is 2. The van der Waals surface area contributed by atoms with Crippen LogP contribution >= 0.6 is 0 Å². The number of hydrogen-bond donors (Lipinski definition) is 0. The second kappa shape index (κ2) is 13.6. The maximum Gasteiger partial charge on any atom is 0.167 e. The summed E-state index contributed by atoms with van der Waals surface area (Å²) >= 11 is 0. The van der Waals surface area contributed by atoms with Crippen molar-refractivity contribution in [3.8, 4) is 45.0 Å². The van der Waals surface area contributed by atoms with E-state index in [1.54, 1.807) is 0 Å². The molecule has 57 heavy (non-hydrogen) atoms. The van der Waals surface area contributed by atoms with E-state index in [-0.39, 0.29) is 0 Å². The second-order valence-corrected chi connectivity index (χ2v) is 15.2. The Bertz CT molecular complexity index is 3180. The monoisotopic (exact) mass is 734 g/mol. The zero-order chi connectivity index (χ0) is 37.9. The molecule has 0 amide bonds. The van der Waals surface area contributed by atoms with E-state index < -0.39 is 0 Å². The molecule has 0 saturated carbocycles. The van der Waals surface area contributed by atoms with Crippen LogP contribution < -0.4 is 0 Å². The lowest BCUT2D eigenvalue weighted by Crippen LogP contribution is -2.03. The van der Waals surface area contributed by atoms with Crippen LogP contribution in [-0.4, -0.2) is 19.5 Å². The maximum absolute atomic E-state index is 6.64. The highest BCUT2D eigenvalue weighted by Gasteiger charge is 2.20. The van der Waals surface area contributed by atoms with Crippen LogP contribution in [0.4, 0.5) is 0 Å². The predicted octanol–water partition coefficient (Wildman–Crippen LogP) is 13.7. The van der Waals surface area contributed by atoms with Crippen molar-refractivity contribution in [1.82, 2.24) is 19.5 Å². The number of allylic oxidation sites excluding steroid dienone is 8. The van der Waals surface area contributed by atoms with Gasteiger partial charge in [-0.25, -0.2) is 15.0 Å². The molecule has 1 atom stereocenters. The van der Waals surface area contributed by atoms with Crippen LogP contribution in [0, 0.1) is 5.92 Å². The molecule has 3 heterocycles. The number of hydrogen-bond acceptors (Lipinski definition) is 4. The minimum Gasteiger partial charge on any atom is -0.455 e. The smallest absolute Gasteiger partial charge is 0.167 e. The summed E-state index contributed by atoms with van der Waals surface area (Å²) in [5.74, 6) is 2.47. The summed E-state index contributed by atoms with van der Waals surface area (Å²) in [4.78, 5) is 15.0.